The largest absolute Gasteiger partial charge is 0.341 e. The molecule has 0 radical (unpaired) electrons. The Labute approximate surface area is 175 Å². The molecular formula is C23H27N3O2S. The van der Waals surface area contributed by atoms with Crippen LogP contribution in [-0.2, 0) is 11.3 Å². The zero-order valence-electron chi connectivity index (χ0n) is 17.4. The molecule has 0 aliphatic heterocycles. The Balaban J connectivity index is 1.81. The fraction of sp³-hybridized carbons (Fsp3) is 0.348. The van der Waals surface area contributed by atoms with Gasteiger partial charge in [0.2, 0.25) is 5.91 Å². The van der Waals surface area contributed by atoms with Gasteiger partial charge in [0.1, 0.15) is 0 Å². The molecule has 0 N–H and O–H groups in total. The number of carbonyl (C=O) groups is 1. The molecule has 1 atom stereocenters. The van der Waals surface area contributed by atoms with Crippen molar-refractivity contribution in [3.8, 4) is 0 Å². The highest BCUT2D eigenvalue weighted by molar-refractivity contribution is 7.99. The van der Waals surface area contributed by atoms with Crippen LogP contribution in [0.3, 0.4) is 0 Å². The van der Waals surface area contributed by atoms with Gasteiger partial charge in [0.15, 0.2) is 5.16 Å². The predicted octanol–water partition coefficient (Wildman–Crippen LogP) is 4.43. The summed E-state index contributed by atoms with van der Waals surface area (Å²) in [6, 6.07) is 15.5. The molecule has 152 valence electrons. The Morgan fingerprint density at radius 2 is 1.86 bits per heavy atom. The van der Waals surface area contributed by atoms with E-state index in [-0.39, 0.29) is 23.3 Å². The van der Waals surface area contributed by atoms with E-state index < -0.39 is 0 Å². The third kappa shape index (κ3) is 4.70. The number of nitrogens with zero attached hydrogens (tertiary/aromatic N) is 3. The first-order valence-electron chi connectivity index (χ1n) is 9.85. The van der Waals surface area contributed by atoms with Crippen molar-refractivity contribution in [3.63, 3.8) is 0 Å². The molecule has 0 bridgehead atoms. The number of benzene rings is 2. The summed E-state index contributed by atoms with van der Waals surface area (Å²) in [6.07, 6.45) is 0.814. The van der Waals surface area contributed by atoms with Crippen molar-refractivity contribution in [2.75, 3.05) is 12.8 Å². The number of rotatable bonds is 7. The summed E-state index contributed by atoms with van der Waals surface area (Å²) in [5, 5.41) is 1.21. The first-order valence-corrected chi connectivity index (χ1v) is 10.8. The van der Waals surface area contributed by atoms with Crippen LogP contribution in [0.2, 0.25) is 0 Å². The smallest absolute Gasteiger partial charge is 0.262 e. The van der Waals surface area contributed by atoms with Gasteiger partial charge < -0.3 is 4.90 Å². The molecule has 1 heterocycles. The lowest BCUT2D eigenvalue weighted by Gasteiger charge is -2.20. The van der Waals surface area contributed by atoms with Crippen LogP contribution in [0.1, 0.15) is 37.4 Å². The lowest BCUT2D eigenvalue weighted by Crippen LogP contribution is -2.29. The summed E-state index contributed by atoms with van der Waals surface area (Å²) < 4.78 is 1.72. The Morgan fingerprint density at radius 1 is 1.17 bits per heavy atom. The van der Waals surface area contributed by atoms with E-state index in [4.69, 9.17) is 0 Å². The van der Waals surface area contributed by atoms with E-state index in [0.717, 1.165) is 12.0 Å². The molecular weight excluding hydrogens is 382 g/mol. The zero-order chi connectivity index (χ0) is 21.0. The van der Waals surface area contributed by atoms with Crippen LogP contribution in [0.15, 0.2) is 58.5 Å². The number of para-hydroxylation sites is 1. The van der Waals surface area contributed by atoms with Gasteiger partial charge in [-0.25, -0.2) is 4.98 Å². The molecule has 3 aromatic rings. The Kier molecular flexibility index (Phi) is 6.75. The van der Waals surface area contributed by atoms with Crippen LogP contribution in [0, 0.1) is 6.92 Å². The molecule has 5 nitrogen and oxygen atoms in total. The summed E-state index contributed by atoms with van der Waals surface area (Å²) >= 11 is 1.33. The average molecular weight is 410 g/mol. The second-order valence-corrected chi connectivity index (χ2v) is 8.25. The van der Waals surface area contributed by atoms with Gasteiger partial charge in [-0.2, -0.15) is 0 Å². The van der Waals surface area contributed by atoms with E-state index in [1.54, 1.807) is 15.5 Å². The van der Waals surface area contributed by atoms with E-state index >= 15 is 0 Å². The minimum atomic E-state index is -0.0480. The highest BCUT2D eigenvalue weighted by atomic mass is 32.2. The monoisotopic (exact) mass is 409 g/mol. The summed E-state index contributed by atoms with van der Waals surface area (Å²) in [6.45, 7) is 6.66. The van der Waals surface area contributed by atoms with Gasteiger partial charge in [0.25, 0.3) is 5.56 Å². The molecule has 1 aromatic heterocycles. The molecule has 6 heteroatoms. The summed E-state index contributed by atoms with van der Waals surface area (Å²) in [5.74, 6) is 0.250. The van der Waals surface area contributed by atoms with Crippen molar-refractivity contribution in [1.29, 1.82) is 0 Å². The van der Waals surface area contributed by atoms with Crippen LogP contribution < -0.4 is 5.56 Å². The number of amides is 1. The Bertz CT molecular complexity index is 1080. The second-order valence-electron chi connectivity index (χ2n) is 7.31. The third-order valence-corrected chi connectivity index (χ3v) is 6.16. The normalized spacial score (nSPS) is 12.1. The Hall–Kier alpha value is -2.60. The summed E-state index contributed by atoms with van der Waals surface area (Å²) in [5.41, 5.74) is 2.92. The topological polar surface area (TPSA) is 55.2 Å². The number of thioether (sulfide) groups is 1. The van der Waals surface area contributed by atoms with Gasteiger partial charge in [-0.15, -0.1) is 0 Å². The minimum Gasteiger partial charge on any atom is -0.341 e. The van der Waals surface area contributed by atoms with Gasteiger partial charge in [0.05, 0.1) is 16.7 Å². The predicted molar refractivity (Wildman–Crippen MR) is 119 cm³/mol. The molecule has 1 amide bonds. The highest BCUT2D eigenvalue weighted by Crippen LogP contribution is 2.23. The number of aryl methyl sites for hydroxylation is 1. The third-order valence-electron chi connectivity index (χ3n) is 5.23. The van der Waals surface area contributed by atoms with Crippen molar-refractivity contribution >= 4 is 28.6 Å². The molecule has 29 heavy (non-hydrogen) atoms. The minimum absolute atomic E-state index is 0.0105. The van der Waals surface area contributed by atoms with Gasteiger partial charge in [0, 0.05) is 19.6 Å². The maximum atomic E-state index is 13.0. The average Bonchev–Trinajstić information content (AvgIpc) is 2.73. The SMILES string of the molecule is CC[C@H](C)n1c(SCC(=O)N(C)Cc2ccccc2C)nc2ccccc2c1=O. The molecule has 0 spiro atoms. The second kappa shape index (κ2) is 9.27. The molecule has 0 unspecified atom stereocenters. The van der Waals surface area contributed by atoms with Gasteiger partial charge in [-0.1, -0.05) is 55.1 Å². The van der Waals surface area contributed by atoms with Crippen molar-refractivity contribution in [2.45, 2.75) is 44.9 Å². The van der Waals surface area contributed by atoms with Crippen LogP contribution in [-0.4, -0.2) is 33.2 Å². The number of hydrogen-bond donors (Lipinski definition) is 0. The van der Waals surface area contributed by atoms with Gasteiger partial charge in [-0.05, 0) is 43.5 Å². The van der Waals surface area contributed by atoms with Crippen molar-refractivity contribution < 1.29 is 4.79 Å². The van der Waals surface area contributed by atoms with E-state index in [0.29, 0.717) is 22.6 Å². The maximum absolute atomic E-state index is 13.0. The first kappa shape index (κ1) is 21.1. The lowest BCUT2D eigenvalue weighted by molar-refractivity contribution is -0.127. The highest BCUT2D eigenvalue weighted by Gasteiger charge is 2.18. The van der Waals surface area contributed by atoms with Crippen LogP contribution in [0.4, 0.5) is 0 Å². The molecule has 2 aromatic carbocycles. The number of aromatic nitrogens is 2. The van der Waals surface area contributed by atoms with E-state index in [9.17, 15) is 9.59 Å². The summed E-state index contributed by atoms with van der Waals surface area (Å²) in [4.78, 5) is 32.2. The molecule has 0 fully saturated rings. The van der Waals surface area contributed by atoms with Crippen LogP contribution >= 0.6 is 11.8 Å². The van der Waals surface area contributed by atoms with Crippen LogP contribution in [0.25, 0.3) is 10.9 Å². The van der Waals surface area contributed by atoms with E-state index in [2.05, 4.69) is 4.98 Å². The van der Waals surface area contributed by atoms with E-state index in [1.807, 2.05) is 70.3 Å². The molecule has 3 rings (SSSR count). The van der Waals surface area contributed by atoms with Gasteiger partial charge >= 0.3 is 0 Å². The van der Waals surface area contributed by atoms with Crippen molar-refractivity contribution in [3.05, 3.63) is 70.0 Å². The lowest BCUT2D eigenvalue weighted by atomic mass is 10.1. The molecule has 0 saturated carbocycles. The standard InChI is InChI=1S/C23H27N3O2S/c1-5-17(3)26-22(28)19-12-8-9-13-20(19)24-23(26)29-15-21(27)25(4)14-18-11-7-6-10-16(18)2/h6-13,17H,5,14-15H2,1-4H3/t17-/m0/s1. The van der Waals surface area contributed by atoms with E-state index in [1.165, 1.54) is 17.3 Å². The maximum Gasteiger partial charge on any atom is 0.262 e. The molecule has 0 saturated heterocycles. The zero-order valence-corrected chi connectivity index (χ0v) is 18.2. The Morgan fingerprint density at radius 3 is 2.59 bits per heavy atom. The number of fused-ring (bicyclic) bond motifs is 1. The first-order chi connectivity index (χ1) is 13.9. The van der Waals surface area contributed by atoms with Gasteiger partial charge in [-0.3, -0.25) is 14.2 Å². The quantitative estimate of drug-likeness (QED) is 0.428. The fourth-order valence-electron chi connectivity index (χ4n) is 3.17. The summed E-state index contributed by atoms with van der Waals surface area (Å²) in [7, 11) is 1.81. The van der Waals surface area contributed by atoms with Crippen molar-refractivity contribution in [1.82, 2.24) is 14.5 Å². The molecule has 0 aliphatic rings. The number of hydrogen-bond acceptors (Lipinski definition) is 4. The van der Waals surface area contributed by atoms with Crippen LogP contribution in [0.5, 0.6) is 0 Å². The number of carbonyl (C=O) groups excluding carboxylic acids is 1. The molecule has 0 aliphatic carbocycles. The fourth-order valence-corrected chi connectivity index (χ4v) is 4.20. The van der Waals surface area contributed by atoms with Crippen molar-refractivity contribution in [2.24, 2.45) is 0 Å².